The Balaban J connectivity index is 1.75. The predicted molar refractivity (Wildman–Crippen MR) is 88.5 cm³/mol. The van der Waals surface area contributed by atoms with Crippen LogP contribution in [-0.2, 0) is 18.3 Å². The van der Waals surface area contributed by atoms with Crippen LogP contribution in [0.25, 0.3) is 11.3 Å². The maximum Gasteiger partial charge on any atom is 0.0968 e. The molecule has 22 heavy (non-hydrogen) atoms. The van der Waals surface area contributed by atoms with Gasteiger partial charge in [-0.15, -0.1) is 0 Å². The summed E-state index contributed by atoms with van der Waals surface area (Å²) in [7, 11) is 3.80. The molecule has 1 atom stereocenters. The molecule has 4 heteroatoms. The van der Waals surface area contributed by atoms with E-state index in [9.17, 15) is 0 Å². The molecule has 1 saturated heterocycles. The van der Waals surface area contributed by atoms with Gasteiger partial charge in [0.25, 0.3) is 0 Å². The summed E-state index contributed by atoms with van der Waals surface area (Å²) >= 11 is 0. The molecule has 1 aliphatic heterocycles. The number of ether oxygens (including phenoxy) is 1. The summed E-state index contributed by atoms with van der Waals surface area (Å²) in [5, 5.41) is 4.67. The number of aryl methyl sites for hydroxylation is 1. The van der Waals surface area contributed by atoms with Crippen LogP contribution in [0.1, 0.15) is 18.4 Å². The van der Waals surface area contributed by atoms with Crippen molar-refractivity contribution in [2.75, 3.05) is 26.8 Å². The Morgan fingerprint density at radius 2 is 2.09 bits per heavy atom. The maximum atomic E-state index is 5.33. The number of rotatable bonds is 5. The van der Waals surface area contributed by atoms with Crippen LogP contribution in [0.4, 0.5) is 0 Å². The highest BCUT2D eigenvalue weighted by molar-refractivity contribution is 5.62. The van der Waals surface area contributed by atoms with Gasteiger partial charge in [-0.3, -0.25) is 9.58 Å². The number of benzene rings is 1. The molecule has 1 aromatic heterocycles. The first-order chi connectivity index (χ1) is 10.8. The molecule has 0 aliphatic carbocycles. The Labute approximate surface area is 132 Å². The largest absolute Gasteiger partial charge is 0.384 e. The second-order valence-electron chi connectivity index (χ2n) is 6.24. The second-order valence-corrected chi connectivity index (χ2v) is 6.24. The highest BCUT2D eigenvalue weighted by atomic mass is 16.5. The van der Waals surface area contributed by atoms with Gasteiger partial charge < -0.3 is 4.74 Å². The van der Waals surface area contributed by atoms with Crippen molar-refractivity contribution in [1.82, 2.24) is 14.7 Å². The van der Waals surface area contributed by atoms with Gasteiger partial charge >= 0.3 is 0 Å². The third kappa shape index (κ3) is 3.57. The van der Waals surface area contributed by atoms with Crippen LogP contribution in [0.15, 0.2) is 36.5 Å². The molecular weight excluding hydrogens is 274 g/mol. The molecule has 0 saturated carbocycles. The molecular formula is C18H25N3O. The van der Waals surface area contributed by atoms with E-state index >= 15 is 0 Å². The SMILES string of the molecule is COCC1CCCN(Cc2cn(C)nc2-c2ccccc2)C1. The maximum absolute atomic E-state index is 5.33. The zero-order valence-electron chi connectivity index (χ0n) is 13.5. The van der Waals surface area contributed by atoms with Gasteiger partial charge in [0.05, 0.1) is 12.3 Å². The molecule has 0 N–H and O–H groups in total. The summed E-state index contributed by atoms with van der Waals surface area (Å²) in [4.78, 5) is 2.54. The molecule has 1 aromatic carbocycles. The number of hydrogen-bond acceptors (Lipinski definition) is 3. The third-order valence-electron chi connectivity index (χ3n) is 4.35. The summed E-state index contributed by atoms with van der Waals surface area (Å²) < 4.78 is 7.26. The van der Waals surface area contributed by atoms with Crippen LogP contribution in [-0.4, -0.2) is 41.5 Å². The summed E-state index contributed by atoms with van der Waals surface area (Å²) in [6.45, 7) is 4.13. The Morgan fingerprint density at radius 1 is 1.27 bits per heavy atom. The van der Waals surface area contributed by atoms with Crippen molar-refractivity contribution in [2.45, 2.75) is 19.4 Å². The number of aromatic nitrogens is 2. The monoisotopic (exact) mass is 299 g/mol. The Bertz CT molecular complexity index is 592. The average Bonchev–Trinajstić information content (AvgIpc) is 2.89. The minimum absolute atomic E-state index is 0.663. The smallest absolute Gasteiger partial charge is 0.0968 e. The van der Waals surface area contributed by atoms with Crippen LogP contribution in [0.5, 0.6) is 0 Å². The van der Waals surface area contributed by atoms with E-state index in [0.717, 1.165) is 25.4 Å². The van der Waals surface area contributed by atoms with Crippen molar-refractivity contribution in [2.24, 2.45) is 13.0 Å². The Kier molecular flexibility index (Phi) is 4.90. The topological polar surface area (TPSA) is 30.3 Å². The number of methoxy groups -OCH3 is 1. The zero-order chi connectivity index (χ0) is 15.4. The van der Waals surface area contributed by atoms with E-state index in [1.54, 1.807) is 7.11 Å². The summed E-state index contributed by atoms with van der Waals surface area (Å²) in [5.41, 5.74) is 3.62. The lowest BCUT2D eigenvalue weighted by atomic mass is 9.98. The predicted octanol–water partition coefficient (Wildman–Crippen LogP) is 2.95. The molecule has 1 unspecified atom stereocenters. The molecule has 2 aromatic rings. The minimum atomic E-state index is 0.663. The van der Waals surface area contributed by atoms with E-state index in [0.29, 0.717) is 5.92 Å². The van der Waals surface area contributed by atoms with E-state index in [1.807, 2.05) is 17.8 Å². The van der Waals surface area contributed by atoms with E-state index in [2.05, 4.69) is 40.5 Å². The number of nitrogens with zero attached hydrogens (tertiary/aromatic N) is 3. The molecule has 1 fully saturated rings. The second kappa shape index (κ2) is 7.07. The van der Waals surface area contributed by atoms with Gasteiger partial charge in [-0.1, -0.05) is 30.3 Å². The zero-order valence-corrected chi connectivity index (χ0v) is 13.5. The molecule has 0 radical (unpaired) electrons. The fraction of sp³-hybridized carbons (Fsp3) is 0.500. The molecule has 3 rings (SSSR count). The molecule has 0 bridgehead atoms. The number of likely N-dealkylation sites (tertiary alicyclic amines) is 1. The van der Waals surface area contributed by atoms with Crippen molar-refractivity contribution in [1.29, 1.82) is 0 Å². The highest BCUT2D eigenvalue weighted by Gasteiger charge is 2.21. The van der Waals surface area contributed by atoms with Crippen molar-refractivity contribution in [3.05, 3.63) is 42.1 Å². The quantitative estimate of drug-likeness (QED) is 0.850. The van der Waals surface area contributed by atoms with Gasteiger partial charge in [-0.25, -0.2) is 0 Å². The van der Waals surface area contributed by atoms with Crippen LogP contribution >= 0.6 is 0 Å². The number of piperidine rings is 1. The third-order valence-corrected chi connectivity index (χ3v) is 4.35. The first kappa shape index (κ1) is 15.3. The van der Waals surface area contributed by atoms with Gasteiger partial charge in [-0.2, -0.15) is 5.10 Å². The molecule has 4 nitrogen and oxygen atoms in total. The van der Waals surface area contributed by atoms with Crippen LogP contribution in [0.3, 0.4) is 0 Å². The average molecular weight is 299 g/mol. The summed E-state index contributed by atoms with van der Waals surface area (Å²) in [5.74, 6) is 0.663. The van der Waals surface area contributed by atoms with Crippen LogP contribution in [0.2, 0.25) is 0 Å². The Hall–Kier alpha value is -1.65. The normalized spacial score (nSPS) is 19.5. The fourth-order valence-corrected chi connectivity index (χ4v) is 3.40. The lowest BCUT2D eigenvalue weighted by molar-refractivity contribution is 0.0874. The van der Waals surface area contributed by atoms with Gasteiger partial charge in [0.2, 0.25) is 0 Å². The van der Waals surface area contributed by atoms with E-state index in [4.69, 9.17) is 4.74 Å². The first-order valence-electron chi connectivity index (χ1n) is 8.05. The van der Waals surface area contributed by atoms with Crippen LogP contribution < -0.4 is 0 Å². The molecule has 0 amide bonds. The molecule has 1 aliphatic rings. The van der Waals surface area contributed by atoms with E-state index < -0.39 is 0 Å². The minimum Gasteiger partial charge on any atom is -0.384 e. The van der Waals surface area contributed by atoms with E-state index in [-0.39, 0.29) is 0 Å². The van der Waals surface area contributed by atoms with Crippen molar-refractivity contribution >= 4 is 0 Å². The standard InChI is InChI=1S/C18H25N3O/c1-20-12-17(18(19-20)16-8-4-3-5-9-16)13-21-10-6-7-15(11-21)14-22-2/h3-5,8-9,12,15H,6-7,10-11,13-14H2,1-2H3. The van der Waals surface area contributed by atoms with E-state index in [1.165, 1.54) is 30.5 Å². The van der Waals surface area contributed by atoms with Gasteiger partial charge in [0.15, 0.2) is 0 Å². The highest BCUT2D eigenvalue weighted by Crippen LogP contribution is 2.25. The first-order valence-corrected chi connectivity index (χ1v) is 8.05. The van der Waals surface area contributed by atoms with Crippen molar-refractivity contribution in [3.8, 4) is 11.3 Å². The van der Waals surface area contributed by atoms with Crippen molar-refractivity contribution < 1.29 is 4.74 Å². The Morgan fingerprint density at radius 3 is 2.86 bits per heavy atom. The lowest BCUT2D eigenvalue weighted by Gasteiger charge is -2.32. The summed E-state index contributed by atoms with van der Waals surface area (Å²) in [6.07, 6.45) is 4.69. The molecule has 118 valence electrons. The van der Waals surface area contributed by atoms with Crippen molar-refractivity contribution in [3.63, 3.8) is 0 Å². The van der Waals surface area contributed by atoms with Gasteiger partial charge in [-0.05, 0) is 25.3 Å². The van der Waals surface area contributed by atoms with Gasteiger partial charge in [0, 0.05) is 44.6 Å². The molecule has 2 heterocycles. The van der Waals surface area contributed by atoms with Crippen LogP contribution in [0, 0.1) is 5.92 Å². The van der Waals surface area contributed by atoms with Gasteiger partial charge in [0.1, 0.15) is 0 Å². The fourth-order valence-electron chi connectivity index (χ4n) is 3.40. The lowest BCUT2D eigenvalue weighted by Crippen LogP contribution is -2.36. The molecule has 0 spiro atoms. The number of hydrogen-bond donors (Lipinski definition) is 0. The summed E-state index contributed by atoms with van der Waals surface area (Å²) in [6, 6.07) is 10.5.